The number of rotatable bonds is 10. The average molecular weight is 325 g/mol. The van der Waals surface area contributed by atoms with Crippen molar-refractivity contribution in [2.45, 2.75) is 19.3 Å². The number of benzene rings is 1. The van der Waals surface area contributed by atoms with Gasteiger partial charge in [-0.2, -0.15) is 0 Å². The largest absolute Gasteiger partial charge is 0.504 e. The molecule has 0 radical (unpaired) electrons. The summed E-state index contributed by atoms with van der Waals surface area (Å²) in [5.41, 5.74) is 0.688. The van der Waals surface area contributed by atoms with E-state index in [1.165, 1.54) is 19.3 Å². The van der Waals surface area contributed by atoms with Crippen LogP contribution in [0.15, 0.2) is 24.3 Å². The average Bonchev–Trinajstić information content (AvgIpc) is 2.52. The zero-order valence-corrected chi connectivity index (χ0v) is 12.8. The van der Waals surface area contributed by atoms with Gasteiger partial charge >= 0.3 is 5.97 Å². The van der Waals surface area contributed by atoms with Gasteiger partial charge in [-0.15, -0.1) is 10.1 Å². The number of unbranched alkanes of at least 4 members (excludes halogenated alkanes) is 2. The second kappa shape index (κ2) is 10.0. The molecule has 0 fully saturated rings. The van der Waals surface area contributed by atoms with E-state index in [1.54, 1.807) is 18.2 Å². The first kappa shape index (κ1) is 18.3. The van der Waals surface area contributed by atoms with E-state index < -0.39 is 11.1 Å². The standard InChI is InChI=1S/C15H19NO7/c1-21-14-11-12(5-7-13(14)17)6-8-15(18)22-9-3-2-4-10-23-16(19)20/h5-8,11,17H,2-4,9-10H2,1H3. The van der Waals surface area contributed by atoms with E-state index in [1.807, 2.05) is 0 Å². The Morgan fingerprint density at radius 3 is 2.74 bits per heavy atom. The molecule has 0 atom stereocenters. The number of hydrogen-bond acceptors (Lipinski definition) is 7. The number of hydrogen-bond donors (Lipinski definition) is 1. The van der Waals surface area contributed by atoms with Gasteiger partial charge in [0.2, 0.25) is 0 Å². The highest BCUT2D eigenvalue weighted by molar-refractivity contribution is 5.87. The fraction of sp³-hybridized carbons (Fsp3) is 0.400. The molecule has 0 aromatic heterocycles. The van der Waals surface area contributed by atoms with E-state index in [0.29, 0.717) is 30.6 Å². The molecular formula is C15H19NO7. The summed E-state index contributed by atoms with van der Waals surface area (Å²) in [6, 6.07) is 4.70. The lowest BCUT2D eigenvalue weighted by Crippen LogP contribution is -2.04. The first-order chi connectivity index (χ1) is 11.0. The van der Waals surface area contributed by atoms with Crippen LogP contribution in [-0.4, -0.2) is 36.5 Å². The number of nitrogens with zero attached hydrogens (tertiary/aromatic N) is 1. The minimum absolute atomic E-state index is 0.0216. The molecule has 1 rings (SSSR count). The van der Waals surface area contributed by atoms with Gasteiger partial charge in [0.15, 0.2) is 11.5 Å². The highest BCUT2D eigenvalue weighted by Gasteiger charge is 2.02. The Balaban J connectivity index is 2.24. The van der Waals surface area contributed by atoms with Gasteiger partial charge in [-0.1, -0.05) is 6.07 Å². The van der Waals surface area contributed by atoms with Crippen LogP contribution in [0.25, 0.3) is 6.08 Å². The fourth-order valence-corrected chi connectivity index (χ4v) is 1.70. The van der Waals surface area contributed by atoms with Crippen LogP contribution in [0.4, 0.5) is 0 Å². The Labute approximate surface area is 133 Å². The van der Waals surface area contributed by atoms with Gasteiger partial charge in [-0.3, -0.25) is 0 Å². The SMILES string of the molecule is COc1cc(C=CC(=O)OCCCCCO[N+](=O)[O-])ccc1O. The lowest BCUT2D eigenvalue weighted by Gasteiger charge is -2.04. The number of aromatic hydroxyl groups is 1. The fourth-order valence-electron chi connectivity index (χ4n) is 1.70. The van der Waals surface area contributed by atoms with E-state index >= 15 is 0 Å². The number of carbonyl (C=O) groups is 1. The molecule has 8 nitrogen and oxygen atoms in total. The summed E-state index contributed by atoms with van der Waals surface area (Å²) in [5.74, 6) is -0.149. The molecule has 0 unspecified atom stereocenters. The second-order valence-corrected chi connectivity index (χ2v) is 4.55. The van der Waals surface area contributed by atoms with Gasteiger partial charge in [-0.25, -0.2) is 4.79 Å². The van der Waals surface area contributed by atoms with Crippen molar-refractivity contribution in [3.8, 4) is 11.5 Å². The number of carbonyl (C=O) groups excluding carboxylic acids is 1. The number of ether oxygens (including phenoxy) is 2. The van der Waals surface area contributed by atoms with Crippen LogP contribution in [0, 0.1) is 10.1 Å². The van der Waals surface area contributed by atoms with E-state index in [4.69, 9.17) is 9.47 Å². The minimum Gasteiger partial charge on any atom is -0.504 e. The van der Waals surface area contributed by atoms with E-state index in [0.717, 1.165) is 0 Å². The van der Waals surface area contributed by atoms with Crippen molar-refractivity contribution in [2.24, 2.45) is 0 Å². The van der Waals surface area contributed by atoms with E-state index in [9.17, 15) is 20.0 Å². The predicted molar refractivity (Wildman–Crippen MR) is 81.4 cm³/mol. The molecule has 0 saturated carbocycles. The van der Waals surface area contributed by atoms with Crippen LogP contribution < -0.4 is 4.74 Å². The summed E-state index contributed by atoms with van der Waals surface area (Å²) in [6.07, 6.45) is 4.63. The first-order valence-corrected chi connectivity index (χ1v) is 7.02. The summed E-state index contributed by atoms with van der Waals surface area (Å²) in [6.45, 7) is 0.282. The molecule has 0 heterocycles. The monoisotopic (exact) mass is 325 g/mol. The van der Waals surface area contributed by atoms with Gasteiger partial charge in [0.1, 0.15) is 0 Å². The van der Waals surface area contributed by atoms with Crippen LogP contribution in [0.1, 0.15) is 24.8 Å². The molecule has 0 aliphatic carbocycles. The third-order valence-corrected chi connectivity index (χ3v) is 2.85. The molecule has 126 valence electrons. The quantitative estimate of drug-likeness (QED) is 0.231. The Hall–Kier alpha value is -2.77. The van der Waals surface area contributed by atoms with E-state index in [2.05, 4.69) is 4.84 Å². The van der Waals surface area contributed by atoms with Crippen molar-refractivity contribution in [1.29, 1.82) is 0 Å². The summed E-state index contributed by atoms with van der Waals surface area (Å²) in [5, 5.41) is 18.5. The lowest BCUT2D eigenvalue weighted by molar-refractivity contribution is -0.757. The Kier molecular flexibility index (Phi) is 7.98. The van der Waals surface area contributed by atoms with Gasteiger partial charge in [0.25, 0.3) is 5.09 Å². The molecule has 0 saturated heterocycles. The third kappa shape index (κ3) is 7.70. The van der Waals surface area contributed by atoms with Gasteiger partial charge in [0.05, 0.1) is 20.3 Å². The maximum absolute atomic E-state index is 11.5. The van der Waals surface area contributed by atoms with Crippen molar-refractivity contribution in [1.82, 2.24) is 0 Å². The van der Waals surface area contributed by atoms with Gasteiger partial charge < -0.3 is 19.4 Å². The maximum Gasteiger partial charge on any atom is 0.330 e. The third-order valence-electron chi connectivity index (χ3n) is 2.85. The zero-order chi connectivity index (χ0) is 17.1. The molecular weight excluding hydrogens is 306 g/mol. The van der Waals surface area contributed by atoms with Gasteiger partial charge in [0, 0.05) is 6.08 Å². The van der Waals surface area contributed by atoms with Crippen LogP contribution in [0.3, 0.4) is 0 Å². The normalized spacial score (nSPS) is 10.5. The van der Waals surface area contributed by atoms with Crippen molar-refractivity contribution in [3.05, 3.63) is 40.0 Å². The molecule has 1 aromatic carbocycles. The predicted octanol–water partition coefficient (Wildman–Crippen LogP) is 2.34. The Bertz CT molecular complexity index is 557. The summed E-state index contributed by atoms with van der Waals surface area (Å²) < 4.78 is 9.96. The van der Waals surface area contributed by atoms with Gasteiger partial charge in [-0.05, 0) is 43.0 Å². The van der Waals surface area contributed by atoms with Crippen molar-refractivity contribution in [2.75, 3.05) is 20.3 Å². The van der Waals surface area contributed by atoms with E-state index in [-0.39, 0.29) is 19.0 Å². The van der Waals surface area contributed by atoms with Crippen LogP contribution in [0.5, 0.6) is 11.5 Å². The molecule has 0 amide bonds. The van der Waals surface area contributed by atoms with Crippen molar-refractivity contribution < 1.29 is 29.3 Å². The molecule has 0 spiro atoms. The highest BCUT2D eigenvalue weighted by Crippen LogP contribution is 2.26. The summed E-state index contributed by atoms with van der Waals surface area (Å²) in [7, 11) is 1.44. The van der Waals surface area contributed by atoms with Crippen molar-refractivity contribution in [3.63, 3.8) is 0 Å². The number of phenolic OH excluding ortho intramolecular Hbond substituents is 1. The van der Waals surface area contributed by atoms with Crippen molar-refractivity contribution >= 4 is 12.0 Å². The number of phenols is 1. The summed E-state index contributed by atoms with van der Waals surface area (Å²) in [4.78, 5) is 25.6. The van der Waals surface area contributed by atoms with Crippen LogP contribution in [0.2, 0.25) is 0 Å². The second-order valence-electron chi connectivity index (χ2n) is 4.55. The molecule has 0 bridgehead atoms. The Morgan fingerprint density at radius 1 is 1.30 bits per heavy atom. The zero-order valence-electron chi connectivity index (χ0n) is 12.8. The maximum atomic E-state index is 11.5. The summed E-state index contributed by atoms with van der Waals surface area (Å²) >= 11 is 0. The molecule has 0 aliphatic heterocycles. The minimum atomic E-state index is -0.830. The number of esters is 1. The van der Waals surface area contributed by atoms with Crippen LogP contribution >= 0.6 is 0 Å². The first-order valence-electron chi connectivity index (χ1n) is 7.02. The van der Waals surface area contributed by atoms with Crippen LogP contribution in [-0.2, 0) is 14.4 Å². The lowest BCUT2D eigenvalue weighted by atomic mass is 10.2. The smallest absolute Gasteiger partial charge is 0.330 e. The molecule has 1 aromatic rings. The Morgan fingerprint density at radius 2 is 2.04 bits per heavy atom. The molecule has 8 heteroatoms. The topological polar surface area (TPSA) is 108 Å². The molecule has 23 heavy (non-hydrogen) atoms. The highest BCUT2D eigenvalue weighted by atomic mass is 16.9. The molecule has 0 aliphatic rings. The number of methoxy groups -OCH3 is 1. The molecule has 1 N–H and O–H groups in total.